The summed E-state index contributed by atoms with van der Waals surface area (Å²) in [5.41, 5.74) is 9.39. The van der Waals surface area contributed by atoms with Gasteiger partial charge in [-0.3, -0.25) is 5.32 Å². The lowest BCUT2D eigenvalue weighted by atomic mass is 9.98. The van der Waals surface area contributed by atoms with Gasteiger partial charge in [-0.2, -0.15) is 0 Å². The Kier molecular flexibility index (Phi) is 5.13. The van der Waals surface area contributed by atoms with Crippen molar-refractivity contribution in [3.05, 3.63) is 65.2 Å². The van der Waals surface area contributed by atoms with Crippen molar-refractivity contribution in [3.63, 3.8) is 0 Å². The van der Waals surface area contributed by atoms with Crippen LogP contribution in [0.4, 0.5) is 10.5 Å². The van der Waals surface area contributed by atoms with Crippen LogP contribution in [0, 0.1) is 0 Å². The Bertz CT molecular complexity index is 703. The van der Waals surface area contributed by atoms with Crippen LogP contribution in [0.15, 0.2) is 48.5 Å². The standard InChI is InChI=1S/C19H22N2O3/c20-17-8-4-7-14-9-10-15(11-16(14)18(17)22)21-19(23)24-12-13-5-2-1-3-6-13/h1-3,5-6,9-11,17-18,22H,4,7-8,12,20H2,(H,21,23)/t17-,18-/m0/s1. The molecule has 0 fully saturated rings. The molecular weight excluding hydrogens is 304 g/mol. The molecule has 2 aromatic carbocycles. The van der Waals surface area contributed by atoms with Gasteiger partial charge in [-0.1, -0.05) is 36.4 Å². The number of nitrogens with one attached hydrogen (secondary N) is 1. The molecule has 0 unspecified atom stereocenters. The summed E-state index contributed by atoms with van der Waals surface area (Å²) in [4.78, 5) is 11.9. The number of anilines is 1. The van der Waals surface area contributed by atoms with Gasteiger partial charge in [-0.15, -0.1) is 0 Å². The van der Waals surface area contributed by atoms with Crippen LogP contribution in [0.2, 0.25) is 0 Å². The van der Waals surface area contributed by atoms with E-state index in [1.165, 1.54) is 0 Å². The predicted molar refractivity (Wildman–Crippen MR) is 92.6 cm³/mol. The molecule has 126 valence electrons. The van der Waals surface area contributed by atoms with Crippen LogP contribution in [0.5, 0.6) is 0 Å². The third kappa shape index (κ3) is 3.93. The number of amides is 1. The molecule has 2 aromatic rings. The van der Waals surface area contributed by atoms with Gasteiger partial charge in [0.15, 0.2) is 0 Å². The van der Waals surface area contributed by atoms with E-state index in [0.717, 1.165) is 36.0 Å². The molecule has 5 heteroatoms. The molecule has 0 radical (unpaired) electrons. The second kappa shape index (κ2) is 7.47. The van der Waals surface area contributed by atoms with E-state index in [1.54, 1.807) is 6.07 Å². The number of hydrogen-bond acceptors (Lipinski definition) is 4. The van der Waals surface area contributed by atoms with E-state index in [9.17, 15) is 9.90 Å². The highest BCUT2D eigenvalue weighted by Crippen LogP contribution is 2.30. The monoisotopic (exact) mass is 326 g/mol. The quantitative estimate of drug-likeness (QED) is 0.757. The van der Waals surface area contributed by atoms with Gasteiger partial charge in [0.25, 0.3) is 0 Å². The number of hydrogen-bond donors (Lipinski definition) is 3. The topological polar surface area (TPSA) is 84.6 Å². The maximum absolute atomic E-state index is 11.9. The Morgan fingerprint density at radius 2 is 2.04 bits per heavy atom. The Balaban J connectivity index is 1.65. The van der Waals surface area contributed by atoms with Crippen molar-refractivity contribution < 1.29 is 14.6 Å². The lowest BCUT2D eigenvalue weighted by Crippen LogP contribution is -2.27. The Hall–Kier alpha value is -2.37. The number of ether oxygens (including phenoxy) is 1. The summed E-state index contributed by atoms with van der Waals surface area (Å²) >= 11 is 0. The highest BCUT2D eigenvalue weighted by molar-refractivity contribution is 5.84. The number of carbonyl (C=O) groups excluding carboxylic acids is 1. The Labute approximate surface area is 141 Å². The number of nitrogens with two attached hydrogens (primary N) is 1. The Morgan fingerprint density at radius 3 is 2.83 bits per heavy atom. The minimum atomic E-state index is -0.704. The van der Waals surface area contributed by atoms with Crippen LogP contribution < -0.4 is 11.1 Å². The first-order valence-corrected chi connectivity index (χ1v) is 8.17. The fourth-order valence-electron chi connectivity index (χ4n) is 2.97. The van der Waals surface area contributed by atoms with Gasteiger partial charge in [-0.25, -0.2) is 4.79 Å². The second-order valence-corrected chi connectivity index (χ2v) is 6.10. The minimum Gasteiger partial charge on any atom is -0.444 e. The van der Waals surface area contributed by atoms with Crippen molar-refractivity contribution in [1.29, 1.82) is 0 Å². The minimum absolute atomic E-state index is 0.213. The molecule has 1 amide bonds. The van der Waals surface area contributed by atoms with E-state index in [0.29, 0.717) is 5.69 Å². The zero-order valence-corrected chi connectivity index (χ0v) is 13.4. The van der Waals surface area contributed by atoms with E-state index in [2.05, 4.69) is 5.32 Å². The normalized spacial score (nSPS) is 19.9. The van der Waals surface area contributed by atoms with Crippen molar-refractivity contribution >= 4 is 11.8 Å². The van der Waals surface area contributed by atoms with Gasteiger partial charge in [0.2, 0.25) is 0 Å². The van der Waals surface area contributed by atoms with Crippen molar-refractivity contribution in [2.24, 2.45) is 5.73 Å². The molecule has 5 nitrogen and oxygen atoms in total. The molecule has 0 saturated carbocycles. The smallest absolute Gasteiger partial charge is 0.411 e. The molecule has 0 saturated heterocycles. The first kappa shape index (κ1) is 16.5. The number of rotatable bonds is 3. The fraction of sp³-hybridized carbons (Fsp3) is 0.316. The summed E-state index contributed by atoms with van der Waals surface area (Å²) in [5.74, 6) is 0. The van der Waals surface area contributed by atoms with Crippen molar-refractivity contribution in [3.8, 4) is 0 Å². The molecule has 2 atom stereocenters. The average Bonchev–Trinajstić information content (AvgIpc) is 2.74. The van der Waals surface area contributed by atoms with E-state index in [4.69, 9.17) is 10.5 Å². The van der Waals surface area contributed by atoms with Crippen molar-refractivity contribution in [2.75, 3.05) is 5.32 Å². The first-order chi connectivity index (χ1) is 11.6. The first-order valence-electron chi connectivity index (χ1n) is 8.17. The van der Waals surface area contributed by atoms with Crippen LogP contribution in [-0.2, 0) is 17.8 Å². The summed E-state index contributed by atoms with van der Waals surface area (Å²) < 4.78 is 5.21. The van der Waals surface area contributed by atoms with E-state index < -0.39 is 12.2 Å². The average molecular weight is 326 g/mol. The molecule has 0 spiro atoms. The largest absolute Gasteiger partial charge is 0.444 e. The van der Waals surface area contributed by atoms with Gasteiger partial charge in [-0.05, 0) is 48.1 Å². The molecule has 0 heterocycles. The summed E-state index contributed by atoms with van der Waals surface area (Å²) in [6.07, 6.45) is 1.41. The van der Waals surface area contributed by atoms with Gasteiger partial charge >= 0.3 is 6.09 Å². The maximum atomic E-state index is 11.9. The molecule has 0 aromatic heterocycles. The maximum Gasteiger partial charge on any atom is 0.411 e. The summed E-state index contributed by atoms with van der Waals surface area (Å²) in [7, 11) is 0. The van der Waals surface area contributed by atoms with Gasteiger partial charge in [0, 0.05) is 11.7 Å². The molecule has 1 aliphatic carbocycles. The SMILES string of the molecule is N[C@H]1CCCc2ccc(NC(=O)OCc3ccccc3)cc2[C@@H]1O. The van der Waals surface area contributed by atoms with Gasteiger partial charge in [0.05, 0.1) is 6.10 Å². The fourth-order valence-corrected chi connectivity index (χ4v) is 2.97. The van der Waals surface area contributed by atoms with Gasteiger partial charge in [0.1, 0.15) is 6.61 Å². The van der Waals surface area contributed by atoms with Gasteiger partial charge < -0.3 is 15.6 Å². The van der Waals surface area contributed by atoms with Crippen LogP contribution in [0.25, 0.3) is 0 Å². The summed E-state index contributed by atoms with van der Waals surface area (Å²) in [6, 6.07) is 14.8. The molecule has 24 heavy (non-hydrogen) atoms. The second-order valence-electron chi connectivity index (χ2n) is 6.10. The highest BCUT2D eigenvalue weighted by atomic mass is 16.5. The van der Waals surface area contributed by atoms with Crippen LogP contribution in [0.1, 0.15) is 35.6 Å². The van der Waals surface area contributed by atoms with Crippen molar-refractivity contribution in [2.45, 2.75) is 38.0 Å². The lowest BCUT2D eigenvalue weighted by molar-refractivity contribution is 0.144. The zero-order valence-electron chi connectivity index (χ0n) is 13.4. The van der Waals surface area contributed by atoms with Crippen molar-refractivity contribution in [1.82, 2.24) is 0 Å². The van der Waals surface area contributed by atoms with Crippen LogP contribution in [0.3, 0.4) is 0 Å². The molecule has 4 N–H and O–H groups in total. The number of carbonyl (C=O) groups is 1. The van der Waals surface area contributed by atoms with E-state index >= 15 is 0 Å². The predicted octanol–water partition coefficient (Wildman–Crippen LogP) is 3.13. The highest BCUT2D eigenvalue weighted by Gasteiger charge is 2.23. The number of aliphatic hydroxyl groups excluding tert-OH is 1. The molecule has 0 aliphatic heterocycles. The molecule has 1 aliphatic rings. The number of aliphatic hydroxyl groups is 1. The van der Waals surface area contributed by atoms with E-state index in [-0.39, 0.29) is 12.6 Å². The number of fused-ring (bicyclic) bond motifs is 1. The summed E-state index contributed by atoms with van der Waals surface area (Å²) in [5, 5.41) is 13.1. The molecule has 0 bridgehead atoms. The molecule has 3 rings (SSSR count). The summed E-state index contributed by atoms with van der Waals surface area (Å²) in [6.45, 7) is 0.213. The molecular formula is C19H22N2O3. The van der Waals surface area contributed by atoms with E-state index in [1.807, 2.05) is 42.5 Å². The third-order valence-electron chi connectivity index (χ3n) is 4.31. The van der Waals surface area contributed by atoms with Crippen LogP contribution >= 0.6 is 0 Å². The number of aryl methyl sites for hydroxylation is 1. The van der Waals surface area contributed by atoms with Crippen LogP contribution in [-0.4, -0.2) is 17.2 Å². The third-order valence-corrected chi connectivity index (χ3v) is 4.31. The number of benzene rings is 2. The zero-order chi connectivity index (χ0) is 16.9. The lowest BCUT2D eigenvalue weighted by Gasteiger charge is -2.18. The Morgan fingerprint density at radius 1 is 1.25 bits per heavy atom.